The highest BCUT2D eigenvalue weighted by atomic mass is 14.7. The first-order valence-electron chi connectivity index (χ1n) is 5.02. The molecule has 0 heterocycles. The second-order valence-corrected chi connectivity index (χ2v) is 4.68. The maximum absolute atomic E-state index is 5.97. The average Bonchev–Trinajstić information content (AvgIpc) is 2.15. The zero-order valence-electron chi connectivity index (χ0n) is 9.25. The van der Waals surface area contributed by atoms with Crippen molar-refractivity contribution in [1.82, 2.24) is 0 Å². The van der Waals surface area contributed by atoms with Crippen molar-refractivity contribution in [3.63, 3.8) is 0 Å². The summed E-state index contributed by atoms with van der Waals surface area (Å²) < 4.78 is 0. The molecule has 0 saturated heterocycles. The largest absolute Gasteiger partial charge is 0.329 e. The molecule has 2 nitrogen and oxygen atoms in total. The minimum absolute atomic E-state index is 0.0505. The summed E-state index contributed by atoms with van der Waals surface area (Å²) in [4.78, 5) is 0. The molecule has 0 saturated carbocycles. The molecule has 1 atom stereocenters. The molecule has 4 N–H and O–H groups in total. The smallest absolute Gasteiger partial charge is 0.0422 e. The van der Waals surface area contributed by atoms with Gasteiger partial charge in [-0.25, -0.2) is 0 Å². The summed E-state index contributed by atoms with van der Waals surface area (Å²) in [6.07, 6.45) is 0. The number of hydrogen-bond donors (Lipinski definition) is 2. The lowest BCUT2D eigenvalue weighted by Gasteiger charge is -2.25. The lowest BCUT2D eigenvalue weighted by atomic mass is 9.82. The molecule has 0 unspecified atom stereocenters. The van der Waals surface area contributed by atoms with Crippen molar-refractivity contribution in [1.29, 1.82) is 0 Å². The van der Waals surface area contributed by atoms with E-state index >= 15 is 0 Å². The van der Waals surface area contributed by atoms with Gasteiger partial charge in [0.25, 0.3) is 0 Å². The summed E-state index contributed by atoms with van der Waals surface area (Å²) in [5.41, 5.74) is 14.1. The van der Waals surface area contributed by atoms with Crippen LogP contribution < -0.4 is 11.5 Å². The van der Waals surface area contributed by atoms with Gasteiger partial charge in [0, 0.05) is 12.6 Å². The number of benzene rings is 1. The van der Waals surface area contributed by atoms with Gasteiger partial charge in [0.1, 0.15) is 0 Å². The van der Waals surface area contributed by atoms with Crippen LogP contribution in [0.4, 0.5) is 0 Å². The van der Waals surface area contributed by atoms with Crippen LogP contribution in [-0.4, -0.2) is 6.54 Å². The predicted molar refractivity (Wildman–Crippen MR) is 61.1 cm³/mol. The highest BCUT2D eigenvalue weighted by Crippen LogP contribution is 2.28. The van der Waals surface area contributed by atoms with Gasteiger partial charge in [0.2, 0.25) is 0 Å². The normalized spacial score (nSPS) is 14.1. The van der Waals surface area contributed by atoms with E-state index in [4.69, 9.17) is 11.5 Å². The van der Waals surface area contributed by atoms with Crippen molar-refractivity contribution in [3.8, 4) is 0 Å². The van der Waals surface area contributed by atoms with Crippen molar-refractivity contribution in [2.45, 2.75) is 32.2 Å². The standard InChI is InChI=1S/C12H20N2/c1-12(2,3)10-7-5-4-6-9(10)11(14)8-13/h4-7,11H,8,13-14H2,1-3H3/t11-/m0/s1. The first-order chi connectivity index (χ1) is 6.46. The first kappa shape index (κ1) is 11.2. The summed E-state index contributed by atoms with van der Waals surface area (Å²) in [5.74, 6) is 0. The Morgan fingerprint density at radius 2 is 1.79 bits per heavy atom. The fraction of sp³-hybridized carbons (Fsp3) is 0.500. The molecule has 0 amide bonds. The zero-order chi connectivity index (χ0) is 10.8. The monoisotopic (exact) mass is 192 g/mol. The van der Waals surface area contributed by atoms with Gasteiger partial charge >= 0.3 is 0 Å². The molecule has 0 aliphatic heterocycles. The van der Waals surface area contributed by atoms with Gasteiger partial charge in [-0.1, -0.05) is 45.0 Å². The van der Waals surface area contributed by atoms with Crippen molar-refractivity contribution >= 4 is 0 Å². The molecule has 0 spiro atoms. The average molecular weight is 192 g/mol. The lowest BCUT2D eigenvalue weighted by molar-refractivity contribution is 0.570. The third kappa shape index (κ3) is 2.34. The van der Waals surface area contributed by atoms with Gasteiger partial charge in [0.05, 0.1) is 0 Å². The van der Waals surface area contributed by atoms with Crippen LogP contribution >= 0.6 is 0 Å². The van der Waals surface area contributed by atoms with Crippen LogP contribution in [0.3, 0.4) is 0 Å². The van der Waals surface area contributed by atoms with Crippen LogP contribution in [0.5, 0.6) is 0 Å². The summed E-state index contributed by atoms with van der Waals surface area (Å²) in [7, 11) is 0. The summed E-state index contributed by atoms with van der Waals surface area (Å²) in [6.45, 7) is 7.06. The van der Waals surface area contributed by atoms with E-state index in [1.165, 1.54) is 11.1 Å². The molecular weight excluding hydrogens is 172 g/mol. The van der Waals surface area contributed by atoms with Crippen molar-refractivity contribution in [3.05, 3.63) is 35.4 Å². The Hall–Kier alpha value is -0.860. The Balaban J connectivity index is 3.16. The molecule has 0 aliphatic rings. The summed E-state index contributed by atoms with van der Waals surface area (Å²) in [5, 5.41) is 0. The van der Waals surface area contributed by atoms with Crippen LogP contribution in [0, 0.1) is 0 Å². The Bertz CT molecular complexity index is 299. The molecule has 1 aromatic rings. The molecule has 0 aromatic heterocycles. The molecule has 0 fully saturated rings. The molecule has 0 bridgehead atoms. The minimum atomic E-state index is -0.0505. The highest BCUT2D eigenvalue weighted by molar-refractivity contribution is 5.35. The SMILES string of the molecule is CC(C)(C)c1ccccc1[C@@H](N)CN. The van der Waals surface area contributed by atoms with Gasteiger partial charge in [-0.05, 0) is 16.5 Å². The van der Waals surface area contributed by atoms with Crippen LogP contribution in [0.1, 0.15) is 37.9 Å². The maximum Gasteiger partial charge on any atom is 0.0422 e. The lowest BCUT2D eigenvalue weighted by Crippen LogP contribution is -2.25. The Labute approximate surface area is 86.3 Å². The van der Waals surface area contributed by atoms with Gasteiger partial charge < -0.3 is 11.5 Å². The maximum atomic E-state index is 5.97. The first-order valence-corrected chi connectivity index (χ1v) is 5.02. The van der Waals surface area contributed by atoms with Crippen LogP contribution in [0.15, 0.2) is 24.3 Å². The molecule has 0 radical (unpaired) electrons. The van der Waals surface area contributed by atoms with E-state index in [2.05, 4.69) is 32.9 Å². The summed E-state index contributed by atoms with van der Waals surface area (Å²) >= 11 is 0. The van der Waals surface area contributed by atoms with Crippen LogP contribution in [0.2, 0.25) is 0 Å². The molecular formula is C12H20N2. The zero-order valence-corrected chi connectivity index (χ0v) is 9.25. The van der Waals surface area contributed by atoms with Crippen LogP contribution in [-0.2, 0) is 5.41 Å². The van der Waals surface area contributed by atoms with Crippen molar-refractivity contribution in [2.24, 2.45) is 11.5 Å². The fourth-order valence-electron chi connectivity index (χ4n) is 1.63. The Morgan fingerprint density at radius 1 is 1.21 bits per heavy atom. The van der Waals surface area contributed by atoms with Gasteiger partial charge in [-0.2, -0.15) is 0 Å². The molecule has 78 valence electrons. The molecule has 0 aliphatic carbocycles. The van der Waals surface area contributed by atoms with E-state index in [1.807, 2.05) is 12.1 Å². The van der Waals surface area contributed by atoms with E-state index in [-0.39, 0.29) is 11.5 Å². The fourth-order valence-corrected chi connectivity index (χ4v) is 1.63. The van der Waals surface area contributed by atoms with Gasteiger partial charge in [-0.15, -0.1) is 0 Å². The van der Waals surface area contributed by atoms with Crippen LogP contribution in [0.25, 0.3) is 0 Å². The highest BCUT2D eigenvalue weighted by Gasteiger charge is 2.19. The van der Waals surface area contributed by atoms with E-state index in [0.29, 0.717) is 6.54 Å². The molecule has 1 aromatic carbocycles. The third-order valence-electron chi connectivity index (χ3n) is 2.42. The van der Waals surface area contributed by atoms with Crippen molar-refractivity contribution in [2.75, 3.05) is 6.54 Å². The predicted octanol–water partition coefficient (Wildman–Crippen LogP) is 1.94. The van der Waals surface area contributed by atoms with E-state index in [1.54, 1.807) is 0 Å². The Morgan fingerprint density at radius 3 is 2.29 bits per heavy atom. The Kier molecular flexibility index (Phi) is 3.29. The number of nitrogens with two attached hydrogens (primary N) is 2. The van der Waals surface area contributed by atoms with E-state index in [9.17, 15) is 0 Å². The van der Waals surface area contributed by atoms with Gasteiger partial charge in [0.15, 0.2) is 0 Å². The van der Waals surface area contributed by atoms with E-state index in [0.717, 1.165) is 0 Å². The second-order valence-electron chi connectivity index (χ2n) is 4.68. The number of hydrogen-bond acceptors (Lipinski definition) is 2. The molecule has 1 rings (SSSR count). The number of rotatable bonds is 2. The topological polar surface area (TPSA) is 52.0 Å². The van der Waals surface area contributed by atoms with Gasteiger partial charge in [-0.3, -0.25) is 0 Å². The molecule has 2 heteroatoms. The minimum Gasteiger partial charge on any atom is -0.329 e. The van der Waals surface area contributed by atoms with Crippen molar-refractivity contribution < 1.29 is 0 Å². The third-order valence-corrected chi connectivity index (χ3v) is 2.42. The second kappa shape index (κ2) is 4.11. The molecule has 14 heavy (non-hydrogen) atoms. The van der Waals surface area contributed by atoms with E-state index < -0.39 is 0 Å². The quantitative estimate of drug-likeness (QED) is 0.752. The summed E-state index contributed by atoms with van der Waals surface area (Å²) in [6, 6.07) is 8.21.